The maximum absolute atomic E-state index is 13.1. The third-order valence-electron chi connectivity index (χ3n) is 2.79. The predicted octanol–water partition coefficient (Wildman–Crippen LogP) is 3.49. The first-order chi connectivity index (χ1) is 9.31. The second-order valence-electron chi connectivity index (χ2n) is 4.16. The van der Waals surface area contributed by atoms with Crippen LogP contribution in [0, 0.1) is 5.82 Å². The Morgan fingerprint density at radius 3 is 2.84 bits per heavy atom. The molecule has 5 heteroatoms. The highest BCUT2D eigenvalue weighted by atomic mass is 32.1. The van der Waals surface area contributed by atoms with Gasteiger partial charge in [0.2, 0.25) is 0 Å². The number of benzene rings is 1. The number of nitrogens with one attached hydrogen (secondary N) is 1. The molecule has 0 unspecified atom stereocenters. The second kappa shape index (κ2) is 5.32. The van der Waals surface area contributed by atoms with Crippen LogP contribution >= 0.6 is 11.3 Å². The van der Waals surface area contributed by atoms with Gasteiger partial charge in [-0.3, -0.25) is 4.98 Å². The third kappa shape index (κ3) is 2.88. The number of hydrogen-bond acceptors (Lipinski definition) is 4. The molecule has 3 rings (SSSR count). The Hall–Kier alpha value is -2.01. The molecule has 19 heavy (non-hydrogen) atoms. The van der Waals surface area contributed by atoms with Crippen molar-refractivity contribution in [2.75, 3.05) is 11.9 Å². The molecule has 2 heterocycles. The molecule has 3 aromatic rings. The highest BCUT2D eigenvalue weighted by Gasteiger charge is 2.04. The van der Waals surface area contributed by atoms with Crippen LogP contribution in [0.2, 0.25) is 0 Å². The molecule has 3 nitrogen and oxygen atoms in total. The maximum Gasteiger partial charge on any atom is 0.183 e. The fourth-order valence-corrected chi connectivity index (χ4v) is 2.71. The highest BCUT2D eigenvalue weighted by Crippen LogP contribution is 2.26. The number of anilines is 1. The van der Waals surface area contributed by atoms with E-state index in [1.54, 1.807) is 18.5 Å². The van der Waals surface area contributed by atoms with E-state index in [0.29, 0.717) is 5.52 Å². The standard InChI is InChI=1S/C14H12FN3S/c15-11-1-2-13-12(9-11)18-14(19-13)17-8-5-10-3-6-16-7-4-10/h1-4,6-7,9H,5,8H2,(H,17,18). The van der Waals surface area contributed by atoms with Crippen LogP contribution in [0.3, 0.4) is 0 Å². The third-order valence-corrected chi connectivity index (χ3v) is 3.78. The molecule has 0 saturated carbocycles. The molecule has 0 saturated heterocycles. The molecule has 0 bridgehead atoms. The Balaban J connectivity index is 1.65. The number of hydrogen-bond donors (Lipinski definition) is 1. The predicted molar refractivity (Wildman–Crippen MR) is 76.0 cm³/mol. The van der Waals surface area contributed by atoms with Crippen LogP contribution in [0.15, 0.2) is 42.7 Å². The van der Waals surface area contributed by atoms with Gasteiger partial charge in [0, 0.05) is 25.0 Å². The molecule has 0 aliphatic rings. The van der Waals surface area contributed by atoms with Gasteiger partial charge in [0.1, 0.15) is 5.82 Å². The highest BCUT2D eigenvalue weighted by molar-refractivity contribution is 7.22. The van der Waals surface area contributed by atoms with E-state index in [-0.39, 0.29) is 5.82 Å². The smallest absolute Gasteiger partial charge is 0.183 e. The van der Waals surface area contributed by atoms with Crippen LogP contribution in [0.5, 0.6) is 0 Å². The summed E-state index contributed by atoms with van der Waals surface area (Å²) in [6.45, 7) is 0.798. The number of rotatable bonds is 4. The Morgan fingerprint density at radius 2 is 2.00 bits per heavy atom. The van der Waals surface area contributed by atoms with Gasteiger partial charge >= 0.3 is 0 Å². The molecule has 1 N–H and O–H groups in total. The number of nitrogens with zero attached hydrogens (tertiary/aromatic N) is 2. The Morgan fingerprint density at radius 1 is 1.16 bits per heavy atom. The van der Waals surface area contributed by atoms with Crippen molar-refractivity contribution in [1.29, 1.82) is 0 Å². The zero-order valence-electron chi connectivity index (χ0n) is 10.1. The van der Waals surface area contributed by atoms with Crippen molar-refractivity contribution in [2.24, 2.45) is 0 Å². The lowest BCUT2D eigenvalue weighted by molar-refractivity contribution is 0.629. The lowest BCUT2D eigenvalue weighted by Crippen LogP contribution is -2.04. The lowest BCUT2D eigenvalue weighted by Gasteiger charge is -2.01. The summed E-state index contributed by atoms with van der Waals surface area (Å²) in [5, 5.41) is 4.09. The van der Waals surface area contributed by atoms with Crippen LogP contribution in [-0.4, -0.2) is 16.5 Å². The zero-order valence-corrected chi connectivity index (χ0v) is 11.0. The van der Waals surface area contributed by atoms with E-state index in [1.165, 1.54) is 29.0 Å². The second-order valence-corrected chi connectivity index (χ2v) is 5.19. The molecule has 0 atom stereocenters. The normalized spacial score (nSPS) is 10.8. The molecule has 0 aliphatic carbocycles. The Bertz CT molecular complexity index is 681. The van der Waals surface area contributed by atoms with Gasteiger partial charge in [0.05, 0.1) is 10.2 Å². The number of halogens is 1. The van der Waals surface area contributed by atoms with E-state index in [1.807, 2.05) is 12.1 Å². The Labute approximate surface area is 114 Å². The van der Waals surface area contributed by atoms with Gasteiger partial charge in [-0.1, -0.05) is 11.3 Å². The fraction of sp³-hybridized carbons (Fsp3) is 0.143. The van der Waals surface area contributed by atoms with Crippen LogP contribution in [0.25, 0.3) is 10.2 Å². The van der Waals surface area contributed by atoms with Gasteiger partial charge in [-0.05, 0) is 36.2 Å². The Kier molecular flexibility index (Phi) is 3.37. The average Bonchev–Trinajstić information content (AvgIpc) is 2.82. The molecule has 0 amide bonds. The summed E-state index contributed by atoms with van der Waals surface area (Å²) in [6, 6.07) is 8.67. The largest absolute Gasteiger partial charge is 0.361 e. The summed E-state index contributed by atoms with van der Waals surface area (Å²) in [7, 11) is 0. The number of thiazole rings is 1. The van der Waals surface area contributed by atoms with Crippen molar-refractivity contribution in [1.82, 2.24) is 9.97 Å². The van der Waals surface area contributed by atoms with Crippen molar-refractivity contribution < 1.29 is 4.39 Å². The van der Waals surface area contributed by atoms with E-state index in [0.717, 1.165) is 22.8 Å². The molecule has 0 fully saturated rings. The van der Waals surface area contributed by atoms with Gasteiger partial charge in [-0.25, -0.2) is 9.37 Å². The quantitative estimate of drug-likeness (QED) is 0.790. The minimum absolute atomic E-state index is 0.249. The minimum atomic E-state index is -0.249. The number of pyridine rings is 1. The van der Waals surface area contributed by atoms with E-state index in [2.05, 4.69) is 15.3 Å². The first-order valence-corrected chi connectivity index (χ1v) is 6.82. The minimum Gasteiger partial charge on any atom is -0.361 e. The van der Waals surface area contributed by atoms with Crippen molar-refractivity contribution in [3.05, 3.63) is 54.1 Å². The molecule has 96 valence electrons. The van der Waals surface area contributed by atoms with Crippen molar-refractivity contribution in [3.63, 3.8) is 0 Å². The molecule has 0 radical (unpaired) electrons. The van der Waals surface area contributed by atoms with Gasteiger partial charge in [0.25, 0.3) is 0 Å². The van der Waals surface area contributed by atoms with Gasteiger partial charge < -0.3 is 5.32 Å². The average molecular weight is 273 g/mol. The van der Waals surface area contributed by atoms with Gasteiger partial charge in [0.15, 0.2) is 5.13 Å². The molecule has 0 spiro atoms. The number of aromatic nitrogens is 2. The van der Waals surface area contributed by atoms with Gasteiger partial charge in [-0.15, -0.1) is 0 Å². The summed E-state index contributed by atoms with van der Waals surface area (Å²) in [5.41, 5.74) is 1.94. The zero-order chi connectivity index (χ0) is 13.1. The topological polar surface area (TPSA) is 37.8 Å². The summed E-state index contributed by atoms with van der Waals surface area (Å²) in [4.78, 5) is 8.34. The van der Waals surface area contributed by atoms with E-state index in [9.17, 15) is 4.39 Å². The van der Waals surface area contributed by atoms with Crippen LogP contribution in [-0.2, 0) is 6.42 Å². The lowest BCUT2D eigenvalue weighted by atomic mass is 10.2. The molecule has 0 aliphatic heterocycles. The summed E-state index contributed by atoms with van der Waals surface area (Å²) in [5.74, 6) is -0.249. The molecule has 1 aromatic carbocycles. The van der Waals surface area contributed by atoms with E-state index >= 15 is 0 Å². The van der Waals surface area contributed by atoms with E-state index in [4.69, 9.17) is 0 Å². The number of fused-ring (bicyclic) bond motifs is 1. The molecule has 2 aromatic heterocycles. The first kappa shape index (κ1) is 12.0. The molecular weight excluding hydrogens is 261 g/mol. The van der Waals surface area contributed by atoms with E-state index < -0.39 is 0 Å². The van der Waals surface area contributed by atoms with Gasteiger partial charge in [-0.2, -0.15) is 0 Å². The summed E-state index contributed by atoms with van der Waals surface area (Å²) in [6.07, 6.45) is 4.48. The maximum atomic E-state index is 13.1. The monoisotopic (exact) mass is 273 g/mol. The summed E-state index contributed by atoms with van der Waals surface area (Å²) >= 11 is 1.54. The fourth-order valence-electron chi connectivity index (χ4n) is 1.84. The van der Waals surface area contributed by atoms with Crippen molar-refractivity contribution >= 4 is 26.7 Å². The summed E-state index contributed by atoms with van der Waals surface area (Å²) < 4.78 is 14.1. The van der Waals surface area contributed by atoms with Crippen LogP contribution in [0.4, 0.5) is 9.52 Å². The van der Waals surface area contributed by atoms with Crippen molar-refractivity contribution in [2.45, 2.75) is 6.42 Å². The first-order valence-electron chi connectivity index (χ1n) is 6.00. The van der Waals surface area contributed by atoms with Crippen molar-refractivity contribution in [3.8, 4) is 0 Å². The molecular formula is C14H12FN3S. The van der Waals surface area contributed by atoms with Crippen LogP contribution in [0.1, 0.15) is 5.56 Å². The van der Waals surface area contributed by atoms with Crippen LogP contribution < -0.4 is 5.32 Å². The SMILES string of the molecule is Fc1ccc2sc(NCCc3ccncc3)nc2c1.